The maximum absolute atomic E-state index is 11.5. The van der Waals surface area contributed by atoms with Crippen LogP contribution in [0.15, 0.2) is 24.3 Å². The first-order chi connectivity index (χ1) is 8.04. The number of halogens is 1. The highest BCUT2D eigenvalue weighted by atomic mass is 35.5. The van der Waals surface area contributed by atoms with Gasteiger partial charge >= 0.3 is 5.97 Å². The molecule has 0 bridgehead atoms. The molecule has 0 atom stereocenters. The normalized spacial score (nSPS) is 9.76. The lowest BCUT2D eigenvalue weighted by Gasteiger charge is -2.02. The van der Waals surface area contributed by atoms with Gasteiger partial charge in [-0.05, 0) is 11.6 Å². The number of rotatable bonds is 5. The highest BCUT2D eigenvalue weighted by Gasteiger charge is 2.18. The van der Waals surface area contributed by atoms with Gasteiger partial charge in [0.05, 0.1) is 13.5 Å². The Labute approximate surface area is 104 Å². The number of benzene rings is 1. The van der Waals surface area contributed by atoms with Gasteiger partial charge in [-0.2, -0.15) is 0 Å². The third-order valence-corrected chi connectivity index (χ3v) is 2.48. The van der Waals surface area contributed by atoms with Gasteiger partial charge in [-0.1, -0.05) is 29.8 Å². The van der Waals surface area contributed by atoms with Crippen molar-refractivity contribution in [2.24, 2.45) is 0 Å². The second-order valence-corrected chi connectivity index (χ2v) is 3.81. The summed E-state index contributed by atoms with van der Waals surface area (Å²) in [5, 5.41) is 0.464. The van der Waals surface area contributed by atoms with Gasteiger partial charge in [0.25, 0.3) is 0 Å². The van der Waals surface area contributed by atoms with E-state index in [0.717, 1.165) is 7.11 Å². The Bertz CT molecular complexity index is 454. The fourth-order valence-electron chi connectivity index (χ4n) is 1.28. The minimum Gasteiger partial charge on any atom is -0.463 e. The SMILES string of the molecule is COC(=O)C(=O)CC(=O)Cc1ccccc1Cl. The van der Waals surface area contributed by atoms with Gasteiger partial charge in [0.15, 0.2) is 0 Å². The highest BCUT2D eigenvalue weighted by Crippen LogP contribution is 2.16. The fraction of sp³-hybridized carbons (Fsp3) is 0.250. The molecule has 0 saturated heterocycles. The molecule has 1 aromatic carbocycles. The van der Waals surface area contributed by atoms with Crippen LogP contribution in [-0.2, 0) is 25.5 Å². The zero-order valence-corrected chi connectivity index (χ0v) is 9.99. The maximum atomic E-state index is 11.5. The van der Waals surface area contributed by atoms with Gasteiger partial charge in [-0.3, -0.25) is 9.59 Å². The molecule has 17 heavy (non-hydrogen) atoms. The lowest BCUT2D eigenvalue weighted by atomic mass is 10.1. The molecule has 0 heterocycles. The van der Waals surface area contributed by atoms with Crippen molar-refractivity contribution < 1.29 is 19.1 Å². The number of carbonyl (C=O) groups is 3. The maximum Gasteiger partial charge on any atom is 0.374 e. The van der Waals surface area contributed by atoms with Crippen LogP contribution in [0.25, 0.3) is 0 Å². The number of methoxy groups -OCH3 is 1. The second kappa shape index (κ2) is 6.15. The lowest BCUT2D eigenvalue weighted by molar-refractivity contribution is -0.152. The summed E-state index contributed by atoms with van der Waals surface area (Å²) in [6.07, 6.45) is -0.430. The van der Waals surface area contributed by atoms with Crippen molar-refractivity contribution in [2.75, 3.05) is 7.11 Å². The molecule has 0 radical (unpaired) electrons. The van der Waals surface area contributed by atoms with Crippen LogP contribution in [0.5, 0.6) is 0 Å². The van der Waals surface area contributed by atoms with Gasteiger partial charge in [0.1, 0.15) is 5.78 Å². The predicted molar refractivity (Wildman–Crippen MR) is 61.8 cm³/mol. The van der Waals surface area contributed by atoms with E-state index in [0.29, 0.717) is 10.6 Å². The molecule has 1 aromatic rings. The van der Waals surface area contributed by atoms with Gasteiger partial charge in [-0.25, -0.2) is 4.79 Å². The molecule has 5 heteroatoms. The van der Waals surface area contributed by atoms with E-state index in [9.17, 15) is 14.4 Å². The van der Waals surface area contributed by atoms with Crippen LogP contribution in [0, 0.1) is 0 Å². The van der Waals surface area contributed by atoms with E-state index >= 15 is 0 Å². The van der Waals surface area contributed by atoms with Crippen LogP contribution < -0.4 is 0 Å². The summed E-state index contributed by atoms with van der Waals surface area (Å²) in [5.41, 5.74) is 0.636. The zero-order valence-electron chi connectivity index (χ0n) is 9.23. The standard InChI is InChI=1S/C12H11ClO4/c1-17-12(16)11(15)7-9(14)6-8-4-2-3-5-10(8)13/h2-5H,6-7H2,1H3. The molecule has 0 aliphatic carbocycles. The molecule has 0 aromatic heterocycles. The van der Waals surface area contributed by atoms with Crippen LogP contribution >= 0.6 is 11.6 Å². The van der Waals surface area contributed by atoms with Crippen LogP contribution in [0.3, 0.4) is 0 Å². The molecule has 0 spiro atoms. The molecule has 1 rings (SSSR count). The Morgan fingerprint density at radius 1 is 1.24 bits per heavy atom. The number of ketones is 2. The lowest BCUT2D eigenvalue weighted by Crippen LogP contribution is -2.20. The number of carbonyl (C=O) groups excluding carboxylic acids is 3. The monoisotopic (exact) mass is 254 g/mol. The van der Waals surface area contributed by atoms with Crippen molar-refractivity contribution in [3.63, 3.8) is 0 Å². The number of Topliss-reactive ketones (excluding diaryl/α,β-unsaturated/α-hetero) is 2. The second-order valence-electron chi connectivity index (χ2n) is 3.40. The van der Waals surface area contributed by atoms with E-state index in [1.807, 2.05) is 0 Å². The minimum absolute atomic E-state index is 0.0302. The van der Waals surface area contributed by atoms with Crippen molar-refractivity contribution in [3.8, 4) is 0 Å². The Hall–Kier alpha value is -1.68. The molecular weight excluding hydrogens is 244 g/mol. The van der Waals surface area contributed by atoms with Crippen molar-refractivity contribution in [2.45, 2.75) is 12.8 Å². The molecule has 0 aliphatic rings. The summed E-state index contributed by atoms with van der Waals surface area (Å²) in [5.74, 6) is -2.21. The van der Waals surface area contributed by atoms with E-state index in [1.165, 1.54) is 0 Å². The number of esters is 1. The van der Waals surface area contributed by atoms with Crippen LogP contribution in [0.2, 0.25) is 5.02 Å². The van der Waals surface area contributed by atoms with Crippen molar-refractivity contribution in [1.82, 2.24) is 0 Å². The first kappa shape index (κ1) is 13.4. The quantitative estimate of drug-likeness (QED) is 0.455. The Balaban J connectivity index is 2.59. The molecule has 0 N–H and O–H groups in total. The Morgan fingerprint density at radius 2 is 1.88 bits per heavy atom. The van der Waals surface area contributed by atoms with Gasteiger partial charge in [0, 0.05) is 11.4 Å². The van der Waals surface area contributed by atoms with E-state index < -0.39 is 18.2 Å². The number of ether oxygens (including phenoxy) is 1. The van der Waals surface area contributed by atoms with E-state index in [-0.39, 0.29) is 12.2 Å². The summed E-state index contributed by atoms with van der Waals surface area (Å²) < 4.78 is 4.22. The first-order valence-electron chi connectivity index (χ1n) is 4.91. The third kappa shape index (κ3) is 4.00. The Morgan fingerprint density at radius 3 is 2.47 bits per heavy atom. The Kier molecular flexibility index (Phi) is 4.84. The van der Waals surface area contributed by atoms with Crippen LogP contribution in [-0.4, -0.2) is 24.6 Å². The molecule has 4 nitrogen and oxygen atoms in total. The first-order valence-corrected chi connectivity index (χ1v) is 5.28. The van der Waals surface area contributed by atoms with E-state index in [4.69, 9.17) is 11.6 Å². The number of hydrogen-bond donors (Lipinski definition) is 0. The third-order valence-electron chi connectivity index (χ3n) is 2.12. The molecule has 0 unspecified atom stereocenters. The molecule has 0 aliphatic heterocycles. The average molecular weight is 255 g/mol. The number of hydrogen-bond acceptors (Lipinski definition) is 4. The smallest absolute Gasteiger partial charge is 0.374 e. The van der Waals surface area contributed by atoms with Crippen molar-refractivity contribution in [1.29, 1.82) is 0 Å². The van der Waals surface area contributed by atoms with Gasteiger partial charge < -0.3 is 4.74 Å². The topological polar surface area (TPSA) is 60.4 Å². The predicted octanol–water partition coefficient (Wildman–Crippen LogP) is 1.58. The molecule has 0 fully saturated rings. The summed E-state index contributed by atoms with van der Waals surface area (Å²) in [6.45, 7) is 0. The molecule has 0 saturated carbocycles. The van der Waals surface area contributed by atoms with Crippen LogP contribution in [0.1, 0.15) is 12.0 Å². The zero-order chi connectivity index (χ0) is 12.8. The van der Waals surface area contributed by atoms with Crippen molar-refractivity contribution >= 4 is 29.1 Å². The van der Waals surface area contributed by atoms with Gasteiger partial charge in [-0.15, -0.1) is 0 Å². The minimum atomic E-state index is -1.00. The molecule has 90 valence electrons. The summed E-state index contributed by atoms with van der Waals surface area (Å²) >= 11 is 5.87. The highest BCUT2D eigenvalue weighted by molar-refractivity contribution is 6.37. The summed E-state index contributed by atoms with van der Waals surface area (Å²) in [4.78, 5) is 33.5. The summed E-state index contributed by atoms with van der Waals surface area (Å²) in [7, 11) is 1.10. The molecular formula is C12H11ClO4. The van der Waals surface area contributed by atoms with E-state index in [1.54, 1.807) is 24.3 Å². The van der Waals surface area contributed by atoms with E-state index in [2.05, 4.69) is 4.74 Å². The van der Waals surface area contributed by atoms with Crippen LogP contribution in [0.4, 0.5) is 0 Å². The van der Waals surface area contributed by atoms with Crippen molar-refractivity contribution in [3.05, 3.63) is 34.9 Å². The largest absolute Gasteiger partial charge is 0.463 e. The average Bonchev–Trinajstić information content (AvgIpc) is 2.31. The van der Waals surface area contributed by atoms with Gasteiger partial charge in [0.2, 0.25) is 5.78 Å². The fourth-order valence-corrected chi connectivity index (χ4v) is 1.48. The summed E-state index contributed by atoms with van der Waals surface area (Å²) in [6, 6.07) is 6.85. The molecule has 0 amide bonds.